The largest absolute Gasteiger partial charge is 0.392 e. The molecule has 0 bridgehead atoms. The van der Waals surface area contributed by atoms with Crippen molar-refractivity contribution >= 4 is 5.82 Å². The minimum absolute atomic E-state index is 0.278. The number of rotatable bonds is 2. The Morgan fingerprint density at radius 1 is 1.35 bits per heavy atom. The zero-order chi connectivity index (χ0) is 14.8. The van der Waals surface area contributed by atoms with Crippen molar-refractivity contribution in [2.75, 3.05) is 18.0 Å². The third-order valence-electron chi connectivity index (χ3n) is 4.37. The van der Waals surface area contributed by atoms with E-state index in [2.05, 4.69) is 25.8 Å². The molecule has 20 heavy (non-hydrogen) atoms. The normalized spacial score (nSPS) is 20.9. The van der Waals surface area contributed by atoms with E-state index in [0.717, 1.165) is 25.9 Å². The molecule has 1 atom stereocenters. The summed E-state index contributed by atoms with van der Waals surface area (Å²) in [4.78, 5) is 6.21. The summed E-state index contributed by atoms with van der Waals surface area (Å²) in [6.45, 7) is 8.22. The second-order valence-corrected chi connectivity index (χ2v) is 6.75. The van der Waals surface area contributed by atoms with Crippen molar-refractivity contribution in [1.82, 2.24) is 4.98 Å². The number of hydrogen-bond donors (Lipinski definition) is 1. The lowest BCUT2D eigenvalue weighted by molar-refractivity contribution is 0.220. The molecule has 1 fully saturated rings. The van der Waals surface area contributed by atoms with Crippen molar-refractivity contribution in [3.05, 3.63) is 23.6 Å². The number of halogens is 1. The number of nitrogens with zero attached hydrogens (tertiary/aromatic N) is 2. The second kappa shape index (κ2) is 6.08. The van der Waals surface area contributed by atoms with Crippen molar-refractivity contribution < 1.29 is 9.50 Å². The molecule has 3 nitrogen and oxygen atoms in total. The Balaban J connectivity index is 2.15. The van der Waals surface area contributed by atoms with Gasteiger partial charge in [-0.25, -0.2) is 9.37 Å². The highest BCUT2D eigenvalue weighted by Crippen LogP contribution is 2.35. The van der Waals surface area contributed by atoms with Gasteiger partial charge in [-0.2, -0.15) is 0 Å². The highest BCUT2D eigenvalue weighted by Gasteiger charge is 2.28. The SMILES string of the molecule is CC(C)(C)C1CCCN(c2nccc(CO)c2F)CC1. The molecule has 0 saturated carbocycles. The van der Waals surface area contributed by atoms with Gasteiger partial charge in [-0.3, -0.25) is 0 Å². The molecule has 0 radical (unpaired) electrons. The maximum absolute atomic E-state index is 14.3. The molecule has 0 spiro atoms. The summed E-state index contributed by atoms with van der Waals surface area (Å²) < 4.78 is 14.3. The quantitative estimate of drug-likeness (QED) is 0.902. The molecule has 0 aromatic carbocycles. The van der Waals surface area contributed by atoms with Gasteiger partial charge in [-0.1, -0.05) is 20.8 Å². The van der Waals surface area contributed by atoms with Crippen LogP contribution in [0.2, 0.25) is 0 Å². The third kappa shape index (κ3) is 3.29. The van der Waals surface area contributed by atoms with E-state index in [1.54, 1.807) is 6.20 Å². The van der Waals surface area contributed by atoms with E-state index >= 15 is 0 Å². The minimum Gasteiger partial charge on any atom is -0.392 e. The van der Waals surface area contributed by atoms with E-state index in [0.29, 0.717) is 22.7 Å². The van der Waals surface area contributed by atoms with Gasteiger partial charge in [0.1, 0.15) is 0 Å². The number of aromatic nitrogens is 1. The van der Waals surface area contributed by atoms with E-state index in [9.17, 15) is 4.39 Å². The minimum atomic E-state index is -0.371. The number of anilines is 1. The Kier molecular flexibility index (Phi) is 4.63. The Morgan fingerprint density at radius 2 is 2.10 bits per heavy atom. The molecule has 1 aliphatic heterocycles. The van der Waals surface area contributed by atoms with E-state index < -0.39 is 0 Å². The summed E-state index contributed by atoms with van der Waals surface area (Å²) in [6.07, 6.45) is 4.89. The molecule has 1 aromatic rings. The van der Waals surface area contributed by atoms with Crippen molar-refractivity contribution in [2.45, 2.75) is 46.6 Å². The fraction of sp³-hybridized carbons (Fsp3) is 0.688. The first-order valence-electron chi connectivity index (χ1n) is 7.42. The lowest BCUT2D eigenvalue weighted by Crippen LogP contribution is -2.28. The molecule has 4 heteroatoms. The van der Waals surface area contributed by atoms with Crippen molar-refractivity contribution in [3.63, 3.8) is 0 Å². The number of hydrogen-bond acceptors (Lipinski definition) is 3. The fourth-order valence-electron chi connectivity index (χ4n) is 2.99. The van der Waals surface area contributed by atoms with Gasteiger partial charge in [0, 0.05) is 24.8 Å². The monoisotopic (exact) mass is 280 g/mol. The molecular formula is C16H25FN2O. The molecule has 0 aliphatic carbocycles. The van der Waals surface area contributed by atoms with Gasteiger partial charge < -0.3 is 10.0 Å². The second-order valence-electron chi connectivity index (χ2n) is 6.75. The molecule has 1 aromatic heterocycles. The topological polar surface area (TPSA) is 36.4 Å². The van der Waals surface area contributed by atoms with Crippen LogP contribution in [-0.4, -0.2) is 23.2 Å². The summed E-state index contributed by atoms with van der Waals surface area (Å²) in [5.41, 5.74) is 0.626. The highest BCUT2D eigenvalue weighted by atomic mass is 19.1. The smallest absolute Gasteiger partial charge is 0.171 e. The standard InChI is InChI=1S/C16H25FN2O/c1-16(2,3)13-5-4-9-19(10-7-13)15-14(17)12(11-20)6-8-18-15/h6,8,13,20H,4-5,7,9-11H2,1-3H3. The maximum Gasteiger partial charge on any atom is 0.171 e. The average molecular weight is 280 g/mol. The summed E-state index contributed by atoms with van der Waals surface area (Å²) in [5.74, 6) is 0.687. The van der Waals surface area contributed by atoms with Gasteiger partial charge >= 0.3 is 0 Å². The van der Waals surface area contributed by atoms with E-state index in [1.807, 2.05) is 4.90 Å². The van der Waals surface area contributed by atoms with Crippen LogP contribution in [-0.2, 0) is 6.61 Å². The number of pyridine rings is 1. The van der Waals surface area contributed by atoms with Gasteiger partial charge in [0.2, 0.25) is 0 Å². The van der Waals surface area contributed by atoms with Crippen LogP contribution in [0.3, 0.4) is 0 Å². The molecule has 1 N–H and O–H groups in total. The van der Waals surface area contributed by atoms with Crippen molar-refractivity contribution in [3.8, 4) is 0 Å². The van der Waals surface area contributed by atoms with Gasteiger partial charge in [-0.15, -0.1) is 0 Å². The summed E-state index contributed by atoms with van der Waals surface area (Å²) in [5, 5.41) is 9.16. The molecule has 2 rings (SSSR count). The number of aliphatic hydroxyl groups excluding tert-OH is 1. The van der Waals surface area contributed by atoms with Crippen LogP contribution in [0.5, 0.6) is 0 Å². The lowest BCUT2D eigenvalue weighted by atomic mass is 9.77. The molecule has 1 saturated heterocycles. The predicted octanol–water partition coefficient (Wildman–Crippen LogP) is 3.37. The summed E-state index contributed by atoms with van der Waals surface area (Å²) >= 11 is 0. The molecule has 2 heterocycles. The van der Waals surface area contributed by atoms with Crippen LogP contribution in [0.4, 0.5) is 10.2 Å². The van der Waals surface area contributed by atoms with Crippen molar-refractivity contribution in [1.29, 1.82) is 0 Å². The lowest BCUT2D eigenvalue weighted by Gasteiger charge is -2.30. The van der Waals surface area contributed by atoms with Crippen molar-refractivity contribution in [2.24, 2.45) is 11.3 Å². The Labute approximate surface area is 120 Å². The maximum atomic E-state index is 14.3. The predicted molar refractivity (Wildman–Crippen MR) is 79.1 cm³/mol. The van der Waals surface area contributed by atoms with Crippen LogP contribution in [0, 0.1) is 17.2 Å². The van der Waals surface area contributed by atoms with Crippen LogP contribution in [0.15, 0.2) is 12.3 Å². The van der Waals surface area contributed by atoms with E-state index in [-0.39, 0.29) is 12.4 Å². The van der Waals surface area contributed by atoms with Crippen LogP contribution >= 0.6 is 0 Å². The van der Waals surface area contributed by atoms with Crippen LogP contribution in [0.25, 0.3) is 0 Å². The van der Waals surface area contributed by atoms with Gasteiger partial charge in [-0.05, 0) is 36.7 Å². The highest BCUT2D eigenvalue weighted by molar-refractivity contribution is 5.43. The Hall–Kier alpha value is -1.16. The Bertz CT molecular complexity index is 456. The van der Waals surface area contributed by atoms with Crippen LogP contribution < -0.4 is 4.90 Å². The molecule has 1 aliphatic rings. The summed E-state index contributed by atoms with van der Waals surface area (Å²) in [7, 11) is 0. The summed E-state index contributed by atoms with van der Waals surface area (Å²) in [6, 6.07) is 1.54. The zero-order valence-electron chi connectivity index (χ0n) is 12.7. The number of aliphatic hydroxyl groups is 1. The fourth-order valence-corrected chi connectivity index (χ4v) is 2.99. The molecule has 112 valence electrons. The average Bonchev–Trinajstić information content (AvgIpc) is 2.64. The molecule has 1 unspecified atom stereocenters. The molecular weight excluding hydrogens is 255 g/mol. The first-order valence-corrected chi connectivity index (χ1v) is 7.42. The first-order chi connectivity index (χ1) is 9.43. The third-order valence-corrected chi connectivity index (χ3v) is 4.37. The van der Waals surface area contributed by atoms with Gasteiger partial charge in [0.25, 0.3) is 0 Å². The Morgan fingerprint density at radius 3 is 2.75 bits per heavy atom. The van der Waals surface area contributed by atoms with Crippen LogP contribution in [0.1, 0.15) is 45.6 Å². The van der Waals surface area contributed by atoms with E-state index in [4.69, 9.17) is 5.11 Å². The van der Waals surface area contributed by atoms with E-state index in [1.165, 1.54) is 12.5 Å². The van der Waals surface area contributed by atoms with Gasteiger partial charge in [0.05, 0.1) is 6.61 Å². The van der Waals surface area contributed by atoms with Gasteiger partial charge in [0.15, 0.2) is 11.6 Å². The first kappa shape index (κ1) is 15.2. The zero-order valence-corrected chi connectivity index (χ0v) is 12.7. The molecule has 0 amide bonds.